The van der Waals surface area contributed by atoms with E-state index in [1.807, 2.05) is 43.7 Å². The molecule has 1 amide bonds. The first-order valence-electron chi connectivity index (χ1n) is 8.05. The van der Waals surface area contributed by atoms with E-state index >= 15 is 0 Å². The molecule has 4 rings (SSSR count). The zero-order valence-electron chi connectivity index (χ0n) is 13.8. The SMILES string of the molecule is COc1ccc2c(c1)NC(C(=O)NC1(c3cnn(C)c3)CC1)=CC2. The van der Waals surface area contributed by atoms with Gasteiger partial charge < -0.3 is 15.4 Å². The van der Waals surface area contributed by atoms with Gasteiger partial charge in [0.05, 0.1) is 18.8 Å². The van der Waals surface area contributed by atoms with E-state index in [1.54, 1.807) is 11.8 Å². The molecule has 1 fully saturated rings. The number of rotatable bonds is 4. The molecule has 24 heavy (non-hydrogen) atoms. The third kappa shape index (κ3) is 2.54. The van der Waals surface area contributed by atoms with Crippen molar-refractivity contribution in [2.24, 2.45) is 7.05 Å². The molecule has 1 aromatic carbocycles. The molecule has 124 valence electrons. The molecule has 2 aliphatic rings. The van der Waals surface area contributed by atoms with E-state index in [0.29, 0.717) is 5.70 Å². The highest BCUT2D eigenvalue weighted by Crippen LogP contribution is 2.45. The van der Waals surface area contributed by atoms with Gasteiger partial charge in [0.1, 0.15) is 11.4 Å². The fourth-order valence-corrected chi connectivity index (χ4v) is 3.10. The quantitative estimate of drug-likeness (QED) is 0.903. The Kier molecular flexibility index (Phi) is 3.33. The second kappa shape index (κ2) is 5.40. The average molecular weight is 324 g/mol. The Morgan fingerprint density at radius 2 is 2.25 bits per heavy atom. The van der Waals surface area contributed by atoms with Crippen LogP contribution >= 0.6 is 0 Å². The van der Waals surface area contributed by atoms with Crippen LogP contribution in [-0.2, 0) is 23.8 Å². The molecule has 2 aromatic rings. The molecule has 1 saturated carbocycles. The number of anilines is 1. The van der Waals surface area contributed by atoms with Gasteiger partial charge in [-0.3, -0.25) is 9.48 Å². The molecule has 1 aliphatic carbocycles. The lowest BCUT2D eigenvalue weighted by atomic mass is 10.0. The standard InChI is InChI=1S/C18H20N4O2/c1-22-11-13(10-19-22)18(7-8-18)21-17(23)15-6-4-12-3-5-14(24-2)9-16(12)20-15/h3,5-6,9-11,20H,4,7-8H2,1-2H3,(H,21,23). The first-order valence-corrected chi connectivity index (χ1v) is 8.05. The zero-order chi connectivity index (χ0) is 16.7. The second-order valence-electron chi connectivity index (χ2n) is 6.41. The van der Waals surface area contributed by atoms with Gasteiger partial charge in [-0.15, -0.1) is 0 Å². The Morgan fingerprint density at radius 3 is 2.92 bits per heavy atom. The maximum Gasteiger partial charge on any atom is 0.268 e. The summed E-state index contributed by atoms with van der Waals surface area (Å²) in [5.74, 6) is 0.696. The maximum atomic E-state index is 12.7. The monoisotopic (exact) mass is 324 g/mol. The average Bonchev–Trinajstić information content (AvgIpc) is 3.24. The molecule has 0 spiro atoms. The molecule has 0 bridgehead atoms. The van der Waals surface area contributed by atoms with Crippen LogP contribution in [0.3, 0.4) is 0 Å². The largest absolute Gasteiger partial charge is 0.497 e. The number of benzene rings is 1. The molecule has 6 heteroatoms. The number of aryl methyl sites for hydroxylation is 1. The third-order valence-electron chi connectivity index (χ3n) is 4.72. The Morgan fingerprint density at radius 1 is 1.42 bits per heavy atom. The number of methoxy groups -OCH3 is 1. The van der Waals surface area contributed by atoms with Crippen molar-refractivity contribution in [3.05, 3.63) is 53.5 Å². The van der Waals surface area contributed by atoms with Gasteiger partial charge in [-0.2, -0.15) is 5.10 Å². The molecule has 1 aromatic heterocycles. The van der Waals surface area contributed by atoms with Crippen molar-refractivity contribution in [2.75, 3.05) is 12.4 Å². The van der Waals surface area contributed by atoms with Gasteiger partial charge in [0.25, 0.3) is 5.91 Å². The maximum absolute atomic E-state index is 12.7. The lowest BCUT2D eigenvalue weighted by Crippen LogP contribution is -2.37. The van der Waals surface area contributed by atoms with Crippen molar-refractivity contribution in [3.8, 4) is 5.75 Å². The van der Waals surface area contributed by atoms with E-state index in [1.165, 1.54) is 0 Å². The van der Waals surface area contributed by atoms with Crippen molar-refractivity contribution < 1.29 is 9.53 Å². The summed E-state index contributed by atoms with van der Waals surface area (Å²) < 4.78 is 7.02. The number of hydrogen-bond acceptors (Lipinski definition) is 4. The lowest BCUT2D eigenvalue weighted by Gasteiger charge is -2.22. The summed E-state index contributed by atoms with van der Waals surface area (Å²) in [6, 6.07) is 5.87. The van der Waals surface area contributed by atoms with E-state index in [-0.39, 0.29) is 11.4 Å². The number of hydrogen-bond donors (Lipinski definition) is 2. The van der Waals surface area contributed by atoms with Crippen molar-refractivity contribution in [2.45, 2.75) is 24.8 Å². The van der Waals surface area contributed by atoms with Crippen molar-refractivity contribution in [1.29, 1.82) is 0 Å². The van der Waals surface area contributed by atoms with Crippen LogP contribution in [0.5, 0.6) is 5.75 Å². The van der Waals surface area contributed by atoms with Gasteiger partial charge >= 0.3 is 0 Å². The summed E-state index contributed by atoms with van der Waals surface area (Å²) in [7, 11) is 3.52. The van der Waals surface area contributed by atoms with Crippen molar-refractivity contribution >= 4 is 11.6 Å². The fourth-order valence-electron chi connectivity index (χ4n) is 3.10. The Bertz CT molecular complexity index is 833. The normalized spacial score (nSPS) is 17.3. The van der Waals surface area contributed by atoms with Gasteiger partial charge in [0.2, 0.25) is 0 Å². The second-order valence-corrected chi connectivity index (χ2v) is 6.41. The van der Waals surface area contributed by atoms with Gasteiger partial charge in [-0.1, -0.05) is 12.1 Å². The van der Waals surface area contributed by atoms with E-state index in [0.717, 1.165) is 41.8 Å². The number of carbonyl (C=O) groups is 1. The Balaban J connectivity index is 1.50. The minimum Gasteiger partial charge on any atom is -0.497 e. The summed E-state index contributed by atoms with van der Waals surface area (Å²) >= 11 is 0. The third-order valence-corrected chi connectivity index (χ3v) is 4.72. The summed E-state index contributed by atoms with van der Waals surface area (Å²) in [6.07, 6.45) is 8.36. The van der Waals surface area contributed by atoms with Crippen LogP contribution in [0.15, 0.2) is 42.4 Å². The van der Waals surface area contributed by atoms with E-state index in [9.17, 15) is 4.79 Å². The van der Waals surface area contributed by atoms with Crippen LogP contribution in [0.1, 0.15) is 24.0 Å². The predicted molar refractivity (Wildman–Crippen MR) is 90.7 cm³/mol. The van der Waals surface area contributed by atoms with Crippen molar-refractivity contribution in [3.63, 3.8) is 0 Å². The molecule has 1 aliphatic heterocycles. The summed E-state index contributed by atoms with van der Waals surface area (Å²) in [5, 5.41) is 10.6. The first-order chi connectivity index (χ1) is 11.6. The number of nitrogens with one attached hydrogen (secondary N) is 2. The number of fused-ring (bicyclic) bond motifs is 1. The molecule has 6 nitrogen and oxygen atoms in total. The highest BCUT2D eigenvalue weighted by Gasteiger charge is 2.47. The summed E-state index contributed by atoms with van der Waals surface area (Å²) in [4.78, 5) is 12.7. The van der Waals surface area contributed by atoms with Crippen LogP contribution in [0.2, 0.25) is 0 Å². The van der Waals surface area contributed by atoms with Gasteiger partial charge in [-0.25, -0.2) is 0 Å². The molecule has 2 N–H and O–H groups in total. The first kappa shape index (κ1) is 14.8. The molecule has 0 atom stereocenters. The van der Waals surface area contributed by atoms with E-state index in [2.05, 4.69) is 15.7 Å². The zero-order valence-corrected chi connectivity index (χ0v) is 13.8. The molecule has 2 heterocycles. The smallest absolute Gasteiger partial charge is 0.268 e. The predicted octanol–water partition coefficient (Wildman–Crippen LogP) is 2.09. The molecular weight excluding hydrogens is 304 g/mol. The number of amides is 1. The van der Waals surface area contributed by atoms with E-state index < -0.39 is 0 Å². The minimum absolute atomic E-state index is 0.0789. The number of carbonyl (C=O) groups excluding carboxylic acids is 1. The van der Waals surface area contributed by atoms with Crippen molar-refractivity contribution in [1.82, 2.24) is 15.1 Å². The molecule has 0 radical (unpaired) electrons. The highest BCUT2D eigenvalue weighted by molar-refractivity contribution is 5.98. The Hall–Kier alpha value is -2.76. The summed E-state index contributed by atoms with van der Waals surface area (Å²) in [5.41, 5.74) is 3.47. The van der Waals surface area contributed by atoms with Crippen LogP contribution in [-0.4, -0.2) is 22.8 Å². The number of nitrogens with zero attached hydrogens (tertiary/aromatic N) is 2. The Labute approximate surface area is 140 Å². The highest BCUT2D eigenvalue weighted by atomic mass is 16.5. The van der Waals surface area contributed by atoms with Gasteiger partial charge in [-0.05, 0) is 30.9 Å². The number of aromatic nitrogens is 2. The van der Waals surface area contributed by atoms with Crippen LogP contribution in [0.4, 0.5) is 5.69 Å². The van der Waals surface area contributed by atoms with Gasteiger partial charge in [0.15, 0.2) is 0 Å². The van der Waals surface area contributed by atoms with Crippen LogP contribution in [0, 0.1) is 0 Å². The van der Waals surface area contributed by atoms with Crippen LogP contribution in [0.25, 0.3) is 0 Å². The topological polar surface area (TPSA) is 68.2 Å². The molecular formula is C18H20N4O2. The fraction of sp³-hybridized carbons (Fsp3) is 0.333. The lowest BCUT2D eigenvalue weighted by molar-refractivity contribution is -0.118. The van der Waals surface area contributed by atoms with E-state index in [4.69, 9.17) is 4.74 Å². The number of ether oxygens (including phenoxy) is 1. The summed E-state index contributed by atoms with van der Waals surface area (Å²) in [6.45, 7) is 0. The molecule has 0 saturated heterocycles. The molecule has 0 unspecified atom stereocenters. The van der Waals surface area contributed by atoms with Crippen LogP contribution < -0.4 is 15.4 Å². The van der Waals surface area contributed by atoms with Gasteiger partial charge in [0, 0.05) is 30.6 Å². The number of allylic oxidation sites excluding steroid dienone is 1. The minimum atomic E-state index is -0.261.